The molecule has 20 heavy (non-hydrogen) atoms. The molecule has 0 aliphatic carbocycles. The van der Waals surface area contributed by atoms with E-state index in [2.05, 4.69) is 10.1 Å². The fraction of sp³-hybridized carbons (Fsp3) is 0.385. The molecule has 0 fully saturated rings. The number of aliphatic hydroxyl groups excluding tert-OH is 1. The molecule has 5 nitrogen and oxygen atoms in total. The molecule has 108 valence electrons. The van der Waals surface area contributed by atoms with Crippen molar-refractivity contribution < 1.29 is 19.0 Å². The molecule has 2 aromatic rings. The van der Waals surface area contributed by atoms with Gasteiger partial charge in [-0.3, -0.25) is 0 Å². The Labute approximate surface area is 114 Å². The third-order valence-corrected chi connectivity index (χ3v) is 3.07. The summed E-state index contributed by atoms with van der Waals surface area (Å²) in [6.07, 6.45) is 3.09. The molecular weight excluding hydrogens is 268 g/mol. The van der Waals surface area contributed by atoms with E-state index in [0.717, 1.165) is 12.1 Å². The van der Waals surface area contributed by atoms with Crippen molar-refractivity contribution in [1.29, 1.82) is 0 Å². The molecule has 1 heterocycles. The number of benzene rings is 1. The number of hydrogen-bond donors (Lipinski definition) is 2. The van der Waals surface area contributed by atoms with Gasteiger partial charge in [0, 0.05) is 18.2 Å². The highest BCUT2D eigenvalue weighted by molar-refractivity contribution is 5.25. The standard InChI is InChI=1S/C13H15F2N3O2/c14-10-2-3-11(12(15)6-10)13(20,4-1-5-19)7-18-9-16-8-17-18/h2-3,6,8-9,19-20H,1,4-5,7H2. The average Bonchev–Trinajstić information content (AvgIpc) is 2.88. The Hall–Kier alpha value is -1.86. The number of rotatable bonds is 6. The predicted octanol–water partition coefficient (Wildman–Crippen LogP) is 1.22. The first kappa shape index (κ1) is 14.5. The molecule has 0 saturated heterocycles. The van der Waals surface area contributed by atoms with Crippen LogP contribution in [0.25, 0.3) is 0 Å². The molecule has 0 amide bonds. The van der Waals surface area contributed by atoms with E-state index in [1.165, 1.54) is 23.4 Å². The van der Waals surface area contributed by atoms with Gasteiger partial charge in [-0.25, -0.2) is 18.4 Å². The Balaban J connectivity index is 2.34. The Morgan fingerprint density at radius 2 is 2.10 bits per heavy atom. The molecule has 0 aliphatic rings. The molecule has 1 unspecified atom stereocenters. The SMILES string of the molecule is OCCCC(O)(Cn1cncn1)c1ccc(F)cc1F. The van der Waals surface area contributed by atoms with Crippen LogP contribution in [0.3, 0.4) is 0 Å². The van der Waals surface area contributed by atoms with E-state index >= 15 is 0 Å². The maximum absolute atomic E-state index is 13.9. The van der Waals surface area contributed by atoms with Crippen LogP contribution in [0, 0.1) is 11.6 Å². The molecule has 2 rings (SSSR count). The number of nitrogens with zero attached hydrogens (tertiary/aromatic N) is 3. The summed E-state index contributed by atoms with van der Waals surface area (Å²) in [5.74, 6) is -1.54. The summed E-state index contributed by atoms with van der Waals surface area (Å²) < 4.78 is 28.2. The quantitative estimate of drug-likeness (QED) is 0.836. The molecule has 2 N–H and O–H groups in total. The van der Waals surface area contributed by atoms with E-state index < -0.39 is 17.2 Å². The van der Waals surface area contributed by atoms with E-state index in [1.54, 1.807) is 0 Å². The van der Waals surface area contributed by atoms with Gasteiger partial charge in [-0.1, -0.05) is 6.07 Å². The smallest absolute Gasteiger partial charge is 0.137 e. The third-order valence-electron chi connectivity index (χ3n) is 3.07. The van der Waals surface area contributed by atoms with Crippen LogP contribution >= 0.6 is 0 Å². The summed E-state index contributed by atoms with van der Waals surface area (Å²) in [7, 11) is 0. The second-order valence-electron chi connectivity index (χ2n) is 4.58. The van der Waals surface area contributed by atoms with Crippen LogP contribution in [0.1, 0.15) is 18.4 Å². The summed E-state index contributed by atoms with van der Waals surface area (Å²) in [5, 5.41) is 23.5. The average molecular weight is 283 g/mol. The van der Waals surface area contributed by atoms with Gasteiger partial charge in [-0.05, 0) is 18.9 Å². The van der Waals surface area contributed by atoms with Gasteiger partial charge < -0.3 is 10.2 Å². The zero-order valence-electron chi connectivity index (χ0n) is 10.7. The molecule has 1 aromatic heterocycles. The van der Waals surface area contributed by atoms with Crippen molar-refractivity contribution in [3.63, 3.8) is 0 Å². The van der Waals surface area contributed by atoms with Crippen molar-refractivity contribution in [2.24, 2.45) is 0 Å². The number of halogens is 2. The van der Waals surface area contributed by atoms with Gasteiger partial charge in [0.15, 0.2) is 0 Å². The lowest BCUT2D eigenvalue weighted by Gasteiger charge is -2.28. The van der Waals surface area contributed by atoms with Gasteiger partial charge in [-0.15, -0.1) is 0 Å². The lowest BCUT2D eigenvalue weighted by Crippen LogP contribution is -2.33. The second kappa shape index (κ2) is 6.06. The normalized spacial score (nSPS) is 14.2. The summed E-state index contributed by atoms with van der Waals surface area (Å²) in [5.41, 5.74) is -1.61. The molecule has 1 aromatic carbocycles. The zero-order valence-corrected chi connectivity index (χ0v) is 10.7. The van der Waals surface area contributed by atoms with Crippen molar-refractivity contribution in [2.45, 2.75) is 25.0 Å². The number of aromatic nitrogens is 3. The third kappa shape index (κ3) is 3.17. The maximum atomic E-state index is 13.9. The molecular formula is C13H15F2N3O2. The summed E-state index contributed by atoms with van der Waals surface area (Å²) >= 11 is 0. The Morgan fingerprint density at radius 1 is 1.30 bits per heavy atom. The minimum Gasteiger partial charge on any atom is -0.396 e. The molecule has 0 radical (unpaired) electrons. The van der Waals surface area contributed by atoms with Crippen LogP contribution in [0.15, 0.2) is 30.9 Å². The van der Waals surface area contributed by atoms with Crippen molar-refractivity contribution in [1.82, 2.24) is 14.8 Å². The highest BCUT2D eigenvalue weighted by atomic mass is 19.1. The Kier molecular flexibility index (Phi) is 4.41. The van der Waals surface area contributed by atoms with Crippen molar-refractivity contribution in [3.8, 4) is 0 Å². The van der Waals surface area contributed by atoms with Crippen LogP contribution in [-0.4, -0.2) is 31.6 Å². The molecule has 0 bridgehead atoms. The highest BCUT2D eigenvalue weighted by Gasteiger charge is 2.32. The second-order valence-corrected chi connectivity index (χ2v) is 4.58. The first-order chi connectivity index (χ1) is 9.55. The summed E-state index contributed by atoms with van der Waals surface area (Å²) in [6.45, 7) is -0.169. The largest absolute Gasteiger partial charge is 0.396 e. The molecule has 7 heteroatoms. The van der Waals surface area contributed by atoms with Crippen molar-refractivity contribution in [3.05, 3.63) is 48.1 Å². The van der Waals surface area contributed by atoms with Gasteiger partial charge in [0.25, 0.3) is 0 Å². The fourth-order valence-electron chi connectivity index (χ4n) is 2.12. The van der Waals surface area contributed by atoms with Crippen molar-refractivity contribution in [2.75, 3.05) is 6.61 Å². The van der Waals surface area contributed by atoms with Crippen LogP contribution in [0.4, 0.5) is 8.78 Å². The van der Waals surface area contributed by atoms with Gasteiger partial charge in [0.2, 0.25) is 0 Å². The summed E-state index contributed by atoms with van der Waals surface area (Å²) in [4.78, 5) is 3.75. The summed E-state index contributed by atoms with van der Waals surface area (Å²) in [6, 6.07) is 3.02. The van der Waals surface area contributed by atoms with Crippen LogP contribution in [0.2, 0.25) is 0 Å². The van der Waals surface area contributed by atoms with Crippen LogP contribution in [-0.2, 0) is 12.1 Å². The Morgan fingerprint density at radius 3 is 2.70 bits per heavy atom. The predicted molar refractivity (Wildman–Crippen MR) is 66.6 cm³/mol. The van der Waals surface area contributed by atoms with E-state index in [4.69, 9.17) is 5.11 Å². The van der Waals surface area contributed by atoms with Crippen LogP contribution in [0.5, 0.6) is 0 Å². The topological polar surface area (TPSA) is 71.2 Å². The highest BCUT2D eigenvalue weighted by Crippen LogP contribution is 2.30. The number of aliphatic hydroxyl groups is 2. The van der Waals surface area contributed by atoms with Gasteiger partial charge in [-0.2, -0.15) is 5.10 Å². The first-order valence-corrected chi connectivity index (χ1v) is 6.16. The maximum Gasteiger partial charge on any atom is 0.137 e. The minimum atomic E-state index is -1.59. The van der Waals surface area contributed by atoms with E-state index in [0.29, 0.717) is 0 Å². The van der Waals surface area contributed by atoms with Crippen molar-refractivity contribution >= 4 is 0 Å². The molecule has 0 spiro atoms. The fourth-order valence-corrected chi connectivity index (χ4v) is 2.12. The first-order valence-electron chi connectivity index (χ1n) is 6.16. The lowest BCUT2D eigenvalue weighted by atomic mass is 9.88. The molecule has 1 atom stereocenters. The van der Waals surface area contributed by atoms with E-state index in [1.807, 2.05) is 0 Å². The van der Waals surface area contributed by atoms with Gasteiger partial charge in [0.1, 0.15) is 29.9 Å². The lowest BCUT2D eigenvalue weighted by molar-refractivity contribution is -0.00259. The van der Waals surface area contributed by atoms with E-state index in [9.17, 15) is 13.9 Å². The van der Waals surface area contributed by atoms with E-state index in [-0.39, 0.29) is 31.6 Å². The van der Waals surface area contributed by atoms with Gasteiger partial charge in [0.05, 0.1) is 6.54 Å². The zero-order chi connectivity index (χ0) is 14.6. The minimum absolute atomic E-state index is 0.0251. The van der Waals surface area contributed by atoms with Crippen LogP contribution < -0.4 is 0 Å². The van der Waals surface area contributed by atoms with Gasteiger partial charge >= 0.3 is 0 Å². The monoisotopic (exact) mass is 283 g/mol. The Bertz CT molecular complexity index is 563. The molecule has 0 saturated carbocycles. The molecule has 0 aliphatic heterocycles. The number of hydrogen-bond acceptors (Lipinski definition) is 4.